The van der Waals surface area contributed by atoms with Crippen LogP contribution in [0.5, 0.6) is 0 Å². The zero-order valence-electron chi connectivity index (χ0n) is 17.3. The van der Waals surface area contributed by atoms with Crippen molar-refractivity contribution in [1.82, 2.24) is 29.1 Å². The minimum absolute atomic E-state index is 0.00883. The van der Waals surface area contributed by atoms with Gasteiger partial charge in [-0.3, -0.25) is 9.59 Å². The van der Waals surface area contributed by atoms with Gasteiger partial charge >= 0.3 is 0 Å². The van der Waals surface area contributed by atoms with Crippen LogP contribution in [0.4, 0.5) is 10.3 Å². The molecule has 0 amide bonds. The Bertz CT molecular complexity index is 1590. The molecule has 0 saturated heterocycles. The number of rotatable bonds is 4. The molecule has 162 valence electrons. The van der Waals surface area contributed by atoms with E-state index in [1.807, 2.05) is 30.3 Å². The second-order valence-corrected chi connectivity index (χ2v) is 7.26. The molecular formula is C23H16FN7O2. The number of nitrogen functional groups attached to an aromatic ring is 1. The molecule has 4 heterocycles. The van der Waals surface area contributed by atoms with Crippen LogP contribution in [0.3, 0.4) is 0 Å². The van der Waals surface area contributed by atoms with Crippen LogP contribution < -0.4 is 11.3 Å². The van der Waals surface area contributed by atoms with Gasteiger partial charge in [-0.15, -0.1) is 5.10 Å². The summed E-state index contributed by atoms with van der Waals surface area (Å²) in [5, 5.41) is 4.18. The second kappa shape index (κ2) is 7.75. The Balaban J connectivity index is 1.81. The number of nitrogens with zero attached hydrogens (tertiary/aromatic N) is 6. The highest BCUT2D eigenvalue weighted by Gasteiger charge is 2.25. The summed E-state index contributed by atoms with van der Waals surface area (Å²) in [7, 11) is 1.62. The lowest BCUT2D eigenvalue weighted by molar-refractivity contribution is 0.102. The van der Waals surface area contributed by atoms with Crippen molar-refractivity contribution in [3.63, 3.8) is 0 Å². The molecule has 0 atom stereocenters. The third-order valence-corrected chi connectivity index (χ3v) is 5.11. The number of hydrogen-bond donors (Lipinski definition) is 1. The summed E-state index contributed by atoms with van der Waals surface area (Å²) in [6, 6.07) is 14.9. The number of nitrogens with two attached hydrogens (primary N) is 1. The number of carbonyl (C=O) groups excluding carboxylic acids is 1. The van der Waals surface area contributed by atoms with Gasteiger partial charge in [0, 0.05) is 36.6 Å². The maximum Gasteiger partial charge on any atom is 0.253 e. The van der Waals surface area contributed by atoms with E-state index in [1.165, 1.54) is 27.4 Å². The fraction of sp³-hybridized carbons (Fsp3) is 0.0435. The van der Waals surface area contributed by atoms with Crippen LogP contribution in [0.25, 0.3) is 28.0 Å². The lowest BCUT2D eigenvalue weighted by atomic mass is 10.0. The monoisotopic (exact) mass is 441 g/mol. The summed E-state index contributed by atoms with van der Waals surface area (Å²) >= 11 is 0. The molecule has 5 aromatic rings. The highest BCUT2D eigenvalue weighted by molar-refractivity contribution is 6.06. The number of aryl methyl sites for hydroxylation is 1. The van der Waals surface area contributed by atoms with Crippen molar-refractivity contribution in [3.8, 4) is 22.4 Å². The van der Waals surface area contributed by atoms with E-state index in [0.717, 1.165) is 11.6 Å². The smallest absolute Gasteiger partial charge is 0.253 e. The highest BCUT2D eigenvalue weighted by atomic mass is 19.1. The Morgan fingerprint density at radius 1 is 1.00 bits per heavy atom. The Hall–Kier alpha value is -4.73. The Kier molecular flexibility index (Phi) is 4.74. The summed E-state index contributed by atoms with van der Waals surface area (Å²) in [5.41, 5.74) is 8.19. The summed E-state index contributed by atoms with van der Waals surface area (Å²) in [4.78, 5) is 37.6. The van der Waals surface area contributed by atoms with E-state index in [9.17, 15) is 14.0 Å². The molecule has 0 aliphatic heterocycles. The van der Waals surface area contributed by atoms with Gasteiger partial charge in [0.25, 0.3) is 5.78 Å². The van der Waals surface area contributed by atoms with Crippen LogP contribution in [0.2, 0.25) is 0 Å². The Labute approximate surface area is 186 Å². The number of carbonyl (C=O) groups is 1. The molecule has 33 heavy (non-hydrogen) atoms. The van der Waals surface area contributed by atoms with E-state index in [1.54, 1.807) is 19.3 Å². The van der Waals surface area contributed by atoms with Crippen LogP contribution in [-0.2, 0) is 7.05 Å². The van der Waals surface area contributed by atoms with Crippen molar-refractivity contribution in [2.24, 2.45) is 7.05 Å². The molecule has 10 heteroatoms. The number of halogens is 1. The van der Waals surface area contributed by atoms with Crippen molar-refractivity contribution in [2.45, 2.75) is 0 Å². The zero-order chi connectivity index (χ0) is 23.1. The third-order valence-electron chi connectivity index (χ3n) is 5.11. The van der Waals surface area contributed by atoms with Crippen molar-refractivity contribution >= 4 is 17.4 Å². The maximum atomic E-state index is 14.2. The number of fused-ring (bicyclic) bond motifs is 1. The fourth-order valence-electron chi connectivity index (χ4n) is 3.52. The van der Waals surface area contributed by atoms with Gasteiger partial charge in [0.15, 0.2) is 11.5 Å². The molecular weight excluding hydrogens is 425 g/mol. The van der Waals surface area contributed by atoms with Crippen molar-refractivity contribution in [3.05, 3.63) is 94.7 Å². The van der Waals surface area contributed by atoms with E-state index in [4.69, 9.17) is 5.73 Å². The molecule has 1 aromatic carbocycles. The zero-order valence-corrected chi connectivity index (χ0v) is 17.3. The lowest BCUT2D eigenvalue weighted by Crippen LogP contribution is -2.14. The number of aromatic nitrogens is 6. The van der Waals surface area contributed by atoms with E-state index < -0.39 is 17.3 Å². The van der Waals surface area contributed by atoms with Crippen LogP contribution in [-0.4, -0.2) is 34.9 Å². The molecule has 0 saturated carbocycles. The number of pyridine rings is 2. The minimum Gasteiger partial charge on any atom is -0.368 e. The van der Waals surface area contributed by atoms with Gasteiger partial charge in [0.1, 0.15) is 5.69 Å². The molecule has 5 rings (SSSR count). The van der Waals surface area contributed by atoms with Crippen molar-refractivity contribution in [1.29, 1.82) is 0 Å². The Morgan fingerprint density at radius 2 is 1.79 bits per heavy atom. The predicted molar refractivity (Wildman–Crippen MR) is 119 cm³/mol. The van der Waals surface area contributed by atoms with E-state index in [0.29, 0.717) is 16.8 Å². The van der Waals surface area contributed by atoms with Crippen molar-refractivity contribution < 1.29 is 9.18 Å². The van der Waals surface area contributed by atoms with Crippen molar-refractivity contribution in [2.75, 3.05) is 5.73 Å². The molecule has 0 aliphatic rings. The van der Waals surface area contributed by atoms with Gasteiger partial charge < -0.3 is 10.3 Å². The first-order valence-electron chi connectivity index (χ1n) is 9.88. The van der Waals surface area contributed by atoms with Crippen LogP contribution >= 0.6 is 0 Å². The number of ketones is 1. The minimum atomic E-state index is -0.788. The number of hydrogen-bond acceptors (Lipinski definition) is 7. The highest BCUT2D eigenvalue weighted by Crippen LogP contribution is 2.34. The average molecular weight is 441 g/mol. The summed E-state index contributed by atoms with van der Waals surface area (Å²) in [6.07, 6.45) is 2.95. The first kappa shape index (κ1) is 20.2. The third kappa shape index (κ3) is 3.43. The van der Waals surface area contributed by atoms with Crippen LogP contribution in [0, 0.1) is 5.82 Å². The number of anilines is 1. The number of benzene rings is 1. The predicted octanol–water partition coefficient (Wildman–Crippen LogP) is 2.50. The van der Waals surface area contributed by atoms with Gasteiger partial charge in [-0.25, -0.2) is 19.3 Å². The fourth-order valence-corrected chi connectivity index (χ4v) is 3.52. The quantitative estimate of drug-likeness (QED) is 0.425. The van der Waals surface area contributed by atoms with Gasteiger partial charge in [-0.1, -0.05) is 30.3 Å². The molecule has 0 unspecified atom stereocenters. The maximum absolute atomic E-state index is 14.2. The Morgan fingerprint density at radius 3 is 2.52 bits per heavy atom. The van der Waals surface area contributed by atoms with Gasteiger partial charge in [-0.2, -0.15) is 4.52 Å². The standard InChI is InChI=1S/C23H16FN7O2/c1-30-12-14(9-10-16(30)32)17-18(13-6-3-2-4-7-13)27-23(25)31-22(17)28-21(29-31)20(33)19-15(24)8-5-11-26-19/h2-12H,1H3,(H2,25,27). The lowest BCUT2D eigenvalue weighted by Gasteiger charge is -2.12. The molecule has 0 fully saturated rings. The molecule has 0 spiro atoms. The largest absolute Gasteiger partial charge is 0.368 e. The molecule has 0 radical (unpaired) electrons. The second-order valence-electron chi connectivity index (χ2n) is 7.26. The summed E-state index contributed by atoms with van der Waals surface area (Å²) in [6.45, 7) is 0. The molecule has 9 nitrogen and oxygen atoms in total. The molecule has 0 aliphatic carbocycles. The normalized spacial score (nSPS) is 11.1. The molecule has 0 bridgehead atoms. The summed E-state index contributed by atoms with van der Waals surface area (Å²) in [5.74, 6) is -1.86. The average Bonchev–Trinajstić information content (AvgIpc) is 3.27. The topological polar surface area (TPSA) is 121 Å². The van der Waals surface area contributed by atoms with E-state index in [-0.39, 0.29) is 23.0 Å². The van der Waals surface area contributed by atoms with E-state index in [2.05, 4.69) is 20.1 Å². The summed E-state index contributed by atoms with van der Waals surface area (Å²) < 4.78 is 16.8. The molecule has 2 N–H and O–H groups in total. The van der Waals surface area contributed by atoms with Gasteiger partial charge in [-0.05, 0) is 18.2 Å². The molecule has 4 aromatic heterocycles. The first-order valence-corrected chi connectivity index (χ1v) is 9.88. The first-order chi connectivity index (χ1) is 15.9. The SMILES string of the molecule is Cn1cc(-c2c(-c3ccccc3)nc(N)n3nc(C(=O)c4ncccc4F)nc23)ccc1=O. The van der Waals surface area contributed by atoms with E-state index >= 15 is 0 Å². The van der Waals surface area contributed by atoms with Gasteiger partial charge in [0.2, 0.25) is 17.3 Å². The van der Waals surface area contributed by atoms with Gasteiger partial charge in [0.05, 0.1) is 11.3 Å². The van der Waals surface area contributed by atoms with Crippen LogP contribution in [0.1, 0.15) is 16.3 Å². The van der Waals surface area contributed by atoms with Crippen LogP contribution in [0.15, 0.2) is 71.8 Å².